The van der Waals surface area contributed by atoms with Crippen LogP contribution in [0.25, 0.3) is 0 Å². The second-order valence-electron chi connectivity index (χ2n) is 13.8. The van der Waals surface area contributed by atoms with Gasteiger partial charge in [-0.1, -0.05) is 41.0 Å². The summed E-state index contributed by atoms with van der Waals surface area (Å²) >= 11 is 0.944. The van der Waals surface area contributed by atoms with Crippen LogP contribution in [0.2, 0.25) is 0 Å². The highest BCUT2D eigenvalue weighted by Crippen LogP contribution is 2.19. The lowest BCUT2D eigenvalue weighted by atomic mass is 9.97. The van der Waals surface area contributed by atoms with Crippen LogP contribution in [0.3, 0.4) is 0 Å². The third-order valence-corrected chi connectivity index (χ3v) is 10.1. The number of nitrogens with zero attached hydrogens (tertiary/aromatic N) is 2. The molecule has 0 saturated heterocycles. The number of imidazole rings is 1. The van der Waals surface area contributed by atoms with Crippen LogP contribution in [0.5, 0.6) is 0 Å². The minimum absolute atomic E-state index is 0.0321. The number of rotatable bonds is 27. The molecule has 8 unspecified atom stereocenters. The standard InChI is InChI=1S/C34H58N12O10S/c1-6-17(4)26(28(36)50)45-32(54)27(18(5)57-14-22(33(55)56)42-23(47)10-9-19-13-39-15-41-19)46-31(53)25(16(2)3)44-30(52)21(8-7-11-40-34(37)38)43-29(51)20(35)12-24(48)49/h13,15-18,20-22,25-27H,6-12,14,35H2,1-5H3,(H2,36,50)(H,39,41)(H,42,47)(H,43,51)(H,44,52)(H,45,54)(H,46,53)(H,48,49)(H,55,56)(H4,37,38,40). The topological polar surface area (TPSA) is 382 Å². The lowest BCUT2D eigenvalue weighted by Gasteiger charge is -2.31. The van der Waals surface area contributed by atoms with Gasteiger partial charge in [-0.2, -0.15) is 11.8 Å². The maximum absolute atomic E-state index is 13.9. The molecule has 1 aromatic rings. The predicted molar refractivity (Wildman–Crippen MR) is 210 cm³/mol. The highest BCUT2D eigenvalue weighted by atomic mass is 32.2. The highest BCUT2D eigenvalue weighted by Gasteiger charge is 2.36. The molecule has 0 aromatic carbocycles. The Morgan fingerprint density at radius 2 is 1.46 bits per heavy atom. The summed E-state index contributed by atoms with van der Waals surface area (Å²) < 4.78 is 0. The molecular weight excluding hydrogens is 769 g/mol. The van der Waals surface area contributed by atoms with Gasteiger partial charge in [-0.05, 0) is 31.1 Å². The molecule has 22 nitrogen and oxygen atoms in total. The lowest BCUT2D eigenvalue weighted by molar-refractivity contribution is -0.141. The van der Waals surface area contributed by atoms with Crippen molar-refractivity contribution in [3.63, 3.8) is 0 Å². The number of aryl methyl sites for hydroxylation is 1. The number of carbonyl (C=O) groups is 8. The number of nitrogens with one attached hydrogen (secondary N) is 6. The van der Waals surface area contributed by atoms with Gasteiger partial charge >= 0.3 is 11.9 Å². The van der Waals surface area contributed by atoms with E-state index < -0.39 is 107 Å². The summed E-state index contributed by atoms with van der Waals surface area (Å²) in [6, 6.07) is -8.07. The first kappa shape index (κ1) is 49.6. The van der Waals surface area contributed by atoms with Gasteiger partial charge < -0.3 is 64.7 Å². The molecule has 0 aliphatic carbocycles. The van der Waals surface area contributed by atoms with Crippen LogP contribution in [-0.4, -0.2) is 127 Å². The Bertz CT molecular complexity index is 1560. The molecule has 1 aromatic heterocycles. The third-order valence-electron chi connectivity index (χ3n) is 8.76. The third kappa shape index (κ3) is 18.4. The van der Waals surface area contributed by atoms with Gasteiger partial charge in [-0.25, -0.2) is 9.78 Å². The maximum atomic E-state index is 13.9. The summed E-state index contributed by atoms with van der Waals surface area (Å²) in [4.78, 5) is 113. The Morgan fingerprint density at radius 3 is 1.98 bits per heavy atom. The first-order chi connectivity index (χ1) is 26.7. The molecule has 320 valence electrons. The number of primary amides is 1. The molecule has 1 rings (SSSR count). The molecule has 23 heteroatoms. The molecule has 0 bridgehead atoms. The Balaban J connectivity index is 3.34. The van der Waals surface area contributed by atoms with Crippen molar-refractivity contribution in [3.05, 3.63) is 18.2 Å². The first-order valence-corrected chi connectivity index (χ1v) is 19.4. The van der Waals surface area contributed by atoms with Gasteiger partial charge in [0.05, 0.1) is 18.8 Å². The molecule has 57 heavy (non-hydrogen) atoms. The molecule has 0 aliphatic heterocycles. The number of H-pyrrole nitrogens is 1. The summed E-state index contributed by atoms with van der Waals surface area (Å²) in [5, 5.41) is 30.7. The number of carboxylic acids is 2. The molecule has 0 aliphatic rings. The van der Waals surface area contributed by atoms with E-state index in [9.17, 15) is 43.5 Å². The Labute approximate surface area is 334 Å². The number of carboxylic acid groups (broad SMARTS) is 2. The quantitative estimate of drug-likeness (QED) is 0.0239. The van der Waals surface area contributed by atoms with Crippen molar-refractivity contribution < 1.29 is 48.6 Å². The lowest BCUT2D eigenvalue weighted by Crippen LogP contribution is -2.62. The van der Waals surface area contributed by atoms with E-state index in [0.717, 1.165) is 11.8 Å². The summed E-state index contributed by atoms with van der Waals surface area (Å²) in [5.41, 5.74) is 22.7. The van der Waals surface area contributed by atoms with Crippen LogP contribution in [0, 0.1) is 11.8 Å². The van der Waals surface area contributed by atoms with Crippen LogP contribution in [0.1, 0.15) is 72.4 Å². The number of aliphatic carboxylic acids is 2. The molecule has 6 amide bonds. The van der Waals surface area contributed by atoms with Crippen LogP contribution >= 0.6 is 11.8 Å². The number of aliphatic imine (C=N–C) groups is 1. The Morgan fingerprint density at radius 1 is 0.842 bits per heavy atom. The number of hydrogen-bond acceptors (Lipinski definition) is 12. The molecule has 0 radical (unpaired) electrons. The zero-order valence-corrected chi connectivity index (χ0v) is 33.6. The van der Waals surface area contributed by atoms with E-state index in [0.29, 0.717) is 12.1 Å². The molecule has 0 spiro atoms. The summed E-state index contributed by atoms with van der Waals surface area (Å²) in [6.07, 6.45) is 3.10. The average Bonchev–Trinajstić information content (AvgIpc) is 3.66. The van der Waals surface area contributed by atoms with Crippen LogP contribution in [-0.2, 0) is 44.8 Å². The number of aromatic nitrogens is 2. The van der Waals surface area contributed by atoms with Gasteiger partial charge in [-0.3, -0.25) is 38.6 Å². The summed E-state index contributed by atoms with van der Waals surface area (Å²) in [7, 11) is 0. The number of aromatic amines is 1. The fourth-order valence-electron chi connectivity index (χ4n) is 5.19. The van der Waals surface area contributed by atoms with Crippen molar-refractivity contribution >= 4 is 65.1 Å². The van der Waals surface area contributed by atoms with E-state index in [4.69, 9.17) is 28.0 Å². The minimum atomic E-state index is -1.49. The maximum Gasteiger partial charge on any atom is 0.327 e. The van der Waals surface area contributed by atoms with Crippen molar-refractivity contribution in [1.29, 1.82) is 0 Å². The number of carbonyl (C=O) groups excluding carboxylic acids is 6. The van der Waals surface area contributed by atoms with Crippen LogP contribution in [0.15, 0.2) is 17.5 Å². The fourth-order valence-corrected chi connectivity index (χ4v) is 6.29. The van der Waals surface area contributed by atoms with E-state index in [2.05, 4.69) is 41.5 Å². The molecule has 0 fully saturated rings. The van der Waals surface area contributed by atoms with Gasteiger partial charge in [0.15, 0.2) is 5.96 Å². The zero-order valence-electron chi connectivity index (χ0n) is 32.8. The Hall–Kier alpha value is -5.45. The monoisotopic (exact) mass is 826 g/mol. The molecule has 1 heterocycles. The van der Waals surface area contributed by atoms with Gasteiger partial charge in [0.1, 0.15) is 30.2 Å². The van der Waals surface area contributed by atoms with Crippen LogP contribution in [0.4, 0.5) is 0 Å². The van der Waals surface area contributed by atoms with E-state index in [1.165, 1.54) is 19.4 Å². The van der Waals surface area contributed by atoms with E-state index in [-0.39, 0.29) is 43.9 Å². The molecule has 16 N–H and O–H groups in total. The number of amides is 6. The number of guanidine groups is 1. The largest absolute Gasteiger partial charge is 0.481 e. The highest BCUT2D eigenvalue weighted by molar-refractivity contribution is 8.00. The fraction of sp³-hybridized carbons (Fsp3) is 0.647. The average molecular weight is 827 g/mol. The SMILES string of the molecule is CCC(C)C(NC(=O)C(NC(=O)C(NC(=O)C(CCCN=C(N)N)NC(=O)C(N)CC(=O)O)C(C)C)C(C)SCC(NC(=O)CCc1cnc[nH]1)C(=O)O)C(N)=O. The van der Waals surface area contributed by atoms with Crippen molar-refractivity contribution in [2.45, 2.75) is 115 Å². The number of thioether (sulfide) groups is 1. The van der Waals surface area contributed by atoms with Gasteiger partial charge in [-0.15, -0.1) is 0 Å². The van der Waals surface area contributed by atoms with Gasteiger partial charge in [0.2, 0.25) is 35.4 Å². The summed E-state index contributed by atoms with van der Waals surface area (Å²) in [6.45, 7) is 8.29. The van der Waals surface area contributed by atoms with E-state index >= 15 is 0 Å². The molecular formula is C34H58N12O10S. The second-order valence-corrected chi connectivity index (χ2v) is 15.2. The zero-order chi connectivity index (χ0) is 43.4. The normalized spacial score (nSPS) is 15.3. The van der Waals surface area contributed by atoms with Crippen molar-refractivity contribution in [3.8, 4) is 0 Å². The minimum Gasteiger partial charge on any atom is -0.481 e. The van der Waals surface area contributed by atoms with Crippen molar-refractivity contribution in [1.82, 2.24) is 36.6 Å². The number of nitrogens with two attached hydrogens (primary N) is 4. The smallest absolute Gasteiger partial charge is 0.327 e. The van der Waals surface area contributed by atoms with Crippen molar-refractivity contribution in [2.24, 2.45) is 39.8 Å². The molecule has 8 atom stereocenters. The first-order valence-electron chi connectivity index (χ1n) is 18.3. The van der Waals surface area contributed by atoms with E-state index in [1.807, 2.05) is 0 Å². The van der Waals surface area contributed by atoms with Gasteiger partial charge in [0, 0.05) is 35.9 Å². The summed E-state index contributed by atoms with van der Waals surface area (Å²) in [5.74, 6) is -8.95. The second kappa shape index (κ2) is 24.9. The Kier molecular flexibility index (Phi) is 21.7. The predicted octanol–water partition coefficient (Wildman–Crippen LogP) is -2.98. The van der Waals surface area contributed by atoms with Crippen molar-refractivity contribution in [2.75, 3.05) is 12.3 Å². The molecule has 0 saturated carbocycles. The van der Waals surface area contributed by atoms with E-state index in [1.54, 1.807) is 27.7 Å². The number of hydrogen-bond donors (Lipinski definition) is 12. The van der Waals surface area contributed by atoms with Crippen LogP contribution < -0.4 is 49.5 Å². The van der Waals surface area contributed by atoms with Gasteiger partial charge in [0.25, 0.3) is 0 Å².